The molecule has 0 aliphatic heterocycles. The second-order valence-corrected chi connectivity index (χ2v) is 4.13. The first kappa shape index (κ1) is 13.4. The molecule has 1 aromatic carbocycles. The minimum atomic E-state index is 0.0491. The van der Waals surface area contributed by atoms with Crippen molar-refractivity contribution >= 4 is 5.82 Å². The molecular formula is C15H18N2O2. The molecule has 4 heteroatoms. The molecule has 0 bridgehead atoms. The highest BCUT2D eigenvalue weighted by Crippen LogP contribution is 2.17. The molecule has 19 heavy (non-hydrogen) atoms. The molecule has 0 aliphatic rings. The molecule has 2 N–H and O–H groups in total. The maximum atomic E-state index is 8.97. The number of anilines is 1. The van der Waals surface area contributed by atoms with E-state index in [0.717, 1.165) is 29.2 Å². The summed E-state index contributed by atoms with van der Waals surface area (Å²) in [5.74, 6) is 1.64. The summed E-state index contributed by atoms with van der Waals surface area (Å²) < 4.78 is 5.72. The summed E-state index contributed by atoms with van der Waals surface area (Å²) in [5, 5.41) is 12.2. The van der Waals surface area contributed by atoms with Crippen LogP contribution in [-0.4, -0.2) is 16.6 Å². The van der Waals surface area contributed by atoms with Crippen molar-refractivity contribution in [3.8, 4) is 5.75 Å². The Labute approximate surface area is 113 Å². The van der Waals surface area contributed by atoms with E-state index in [4.69, 9.17) is 9.84 Å². The van der Waals surface area contributed by atoms with Crippen molar-refractivity contribution in [2.24, 2.45) is 0 Å². The van der Waals surface area contributed by atoms with E-state index in [0.29, 0.717) is 6.61 Å². The van der Waals surface area contributed by atoms with Crippen LogP contribution in [-0.2, 0) is 13.2 Å². The SMILES string of the molecule is CCNc1ncccc1COc1ccc(CO)cc1. The number of nitrogens with zero attached hydrogens (tertiary/aromatic N) is 1. The fraction of sp³-hybridized carbons (Fsp3) is 0.267. The highest BCUT2D eigenvalue weighted by atomic mass is 16.5. The summed E-state index contributed by atoms with van der Waals surface area (Å²) in [6.07, 6.45) is 1.76. The van der Waals surface area contributed by atoms with E-state index in [-0.39, 0.29) is 6.61 Å². The molecule has 1 heterocycles. The van der Waals surface area contributed by atoms with Crippen LogP contribution in [0.15, 0.2) is 42.6 Å². The Morgan fingerprint density at radius 3 is 2.68 bits per heavy atom. The standard InChI is InChI=1S/C15H18N2O2/c1-2-16-15-13(4-3-9-17-15)11-19-14-7-5-12(10-18)6-8-14/h3-9,18H,2,10-11H2,1H3,(H,16,17). The molecule has 100 valence electrons. The summed E-state index contributed by atoms with van der Waals surface area (Å²) >= 11 is 0. The zero-order valence-electron chi connectivity index (χ0n) is 11.0. The van der Waals surface area contributed by atoms with Gasteiger partial charge in [-0.25, -0.2) is 4.98 Å². The molecule has 2 rings (SSSR count). The maximum absolute atomic E-state index is 8.97. The third-order valence-electron chi connectivity index (χ3n) is 2.74. The van der Waals surface area contributed by atoms with Crippen LogP contribution in [0.5, 0.6) is 5.75 Å². The molecular weight excluding hydrogens is 240 g/mol. The summed E-state index contributed by atoms with van der Waals surface area (Å²) in [6, 6.07) is 11.3. The summed E-state index contributed by atoms with van der Waals surface area (Å²) in [5.41, 5.74) is 1.90. The number of aliphatic hydroxyl groups excluding tert-OH is 1. The van der Waals surface area contributed by atoms with Crippen LogP contribution in [0.25, 0.3) is 0 Å². The first-order valence-electron chi connectivity index (χ1n) is 6.34. The highest BCUT2D eigenvalue weighted by molar-refractivity contribution is 5.43. The van der Waals surface area contributed by atoms with E-state index >= 15 is 0 Å². The van der Waals surface area contributed by atoms with Crippen molar-refractivity contribution < 1.29 is 9.84 Å². The van der Waals surface area contributed by atoms with E-state index in [1.165, 1.54) is 0 Å². The van der Waals surface area contributed by atoms with E-state index in [9.17, 15) is 0 Å². The van der Waals surface area contributed by atoms with Crippen LogP contribution >= 0.6 is 0 Å². The van der Waals surface area contributed by atoms with Crippen molar-refractivity contribution in [1.29, 1.82) is 0 Å². The van der Waals surface area contributed by atoms with Gasteiger partial charge in [0.05, 0.1) is 6.61 Å². The minimum absolute atomic E-state index is 0.0491. The zero-order valence-corrected chi connectivity index (χ0v) is 11.0. The number of rotatable bonds is 6. The van der Waals surface area contributed by atoms with Gasteiger partial charge in [0.2, 0.25) is 0 Å². The summed E-state index contributed by atoms with van der Waals surface area (Å²) in [4.78, 5) is 4.28. The Kier molecular flexibility index (Phi) is 4.75. The predicted molar refractivity (Wildman–Crippen MR) is 75.1 cm³/mol. The molecule has 0 atom stereocenters. The Balaban J connectivity index is 2.01. The van der Waals surface area contributed by atoms with Crippen LogP contribution in [0.3, 0.4) is 0 Å². The number of nitrogens with one attached hydrogen (secondary N) is 1. The van der Waals surface area contributed by atoms with Gasteiger partial charge in [-0.2, -0.15) is 0 Å². The largest absolute Gasteiger partial charge is 0.489 e. The fourth-order valence-corrected chi connectivity index (χ4v) is 1.73. The molecule has 0 spiro atoms. The van der Waals surface area contributed by atoms with Crippen LogP contribution in [0.2, 0.25) is 0 Å². The summed E-state index contributed by atoms with van der Waals surface area (Å²) in [7, 11) is 0. The number of benzene rings is 1. The molecule has 0 saturated carbocycles. The topological polar surface area (TPSA) is 54.4 Å². The fourth-order valence-electron chi connectivity index (χ4n) is 1.73. The third kappa shape index (κ3) is 3.69. The molecule has 0 radical (unpaired) electrons. The lowest BCUT2D eigenvalue weighted by Gasteiger charge is -2.11. The normalized spacial score (nSPS) is 10.2. The molecule has 0 amide bonds. The molecule has 4 nitrogen and oxygen atoms in total. The Bertz CT molecular complexity index is 512. The van der Waals surface area contributed by atoms with Gasteiger partial charge in [-0.15, -0.1) is 0 Å². The van der Waals surface area contributed by atoms with Crippen molar-refractivity contribution in [1.82, 2.24) is 4.98 Å². The Morgan fingerprint density at radius 2 is 2.00 bits per heavy atom. The number of hydrogen-bond acceptors (Lipinski definition) is 4. The molecule has 0 saturated heterocycles. The monoisotopic (exact) mass is 258 g/mol. The number of pyridine rings is 1. The van der Waals surface area contributed by atoms with E-state index in [1.54, 1.807) is 6.20 Å². The van der Waals surface area contributed by atoms with Crippen molar-refractivity contribution in [3.63, 3.8) is 0 Å². The van der Waals surface area contributed by atoms with Crippen LogP contribution in [0.4, 0.5) is 5.82 Å². The first-order valence-corrected chi connectivity index (χ1v) is 6.34. The van der Waals surface area contributed by atoms with Gasteiger partial charge in [0.15, 0.2) is 0 Å². The van der Waals surface area contributed by atoms with Crippen molar-refractivity contribution in [2.45, 2.75) is 20.1 Å². The molecule has 0 fully saturated rings. The van der Waals surface area contributed by atoms with Crippen LogP contribution in [0, 0.1) is 0 Å². The lowest BCUT2D eigenvalue weighted by Crippen LogP contribution is -2.05. The minimum Gasteiger partial charge on any atom is -0.489 e. The van der Waals surface area contributed by atoms with Gasteiger partial charge in [0, 0.05) is 18.3 Å². The van der Waals surface area contributed by atoms with Crippen molar-refractivity contribution in [2.75, 3.05) is 11.9 Å². The average molecular weight is 258 g/mol. The van der Waals surface area contributed by atoms with Crippen LogP contribution in [0.1, 0.15) is 18.1 Å². The van der Waals surface area contributed by atoms with Gasteiger partial charge in [-0.1, -0.05) is 18.2 Å². The maximum Gasteiger partial charge on any atom is 0.132 e. The lowest BCUT2D eigenvalue weighted by atomic mass is 10.2. The molecule has 0 unspecified atom stereocenters. The zero-order chi connectivity index (χ0) is 13.5. The Morgan fingerprint density at radius 1 is 1.21 bits per heavy atom. The van der Waals surface area contributed by atoms with E-state index in [1.807, 2.05) is 43.3 Å². The molecule has 1 aromatic heterocycles. The first-order chi connectivity index (χ1) is 9.33. The lowest BCUT2D eigenvalue weighted by molar-refractivity contribution is 0.280. The average Bonchev–Trinajstić information content (AvgIpc) is 2.47. The number of hydrogen-bond donors (Lipinski definition) is 2. The predicted octanol–water partition coefficient (Wildman–Crippen LogP) is 2.58. The van der Waals surface area contributed by atoms with Crippen LogP contribution < -0.4 is 10.1 Å². The second-order valence-electron chi connectivity index (χ2n) is 4.13. The van der Waals surface area contributed by atoms with Gasteiger partial charge in [0.1, 0.15) is 18.2 Å². The highest BCUT2D eigenvalue weighted by Gasteiger charge is 2.03. The van der Waals surface area contributed by atoms with Gasteiger partial charge in [0.25, 0.3) is 0 Å². The van der Waals surface area contributed by atoms with Crippen molar-refractivity contribution in [3.05, 3.63) is 53.7 Å². The molecule has 2 aromatic rings. The number of ether oxygens (including phenoxy) is 1. The van der Waals surface area contributed by atoms with Gasteiger partial charge in [-0.3, -0.25) is 0 Å². The number of aliphatic hydroxyl groups is 1. The third-order valence-corrected chi connectivity index (χ3v) is 2.74. The summed E-state index contributed by atoms with van der Waals surface area (Å²) in [6.45, 7) is 3.38. The van der Waals surface area contributed by atoms with Gasteiger partial charge >= 0.3 is 0 Å². The van der Waals surface area contributed by atoms with E-state index in [2.05, 4.69) is 10.3 Å². The van der Waals surface area contributed by atoms with Gasteiger partial charge < -0.3 is 15.2 Å². The Hall–Kier alpha value is -2.07. The van der Waals surface area contributed by atoms with E-state index < -0.39 is 0 Å². The molecule has 0 aliphatic carbocycles. The smallest absolute Gasteiger partial charge is 0.132 e. The van der Waals surface area contributed by atoms with Gasteiger partial charge in [-0.05, 0) is 30.7 Å². The second kappa shape index (κ2) is 6.75. The number of aromatic nitrogens is 1. The quantitative estimate of drug-likeness (QED) is 0.836.